The Morgan fingerprint density at radius 3 is 2.35 bits per heavy atom. The Balaban J connectivity index is 2.43. The van der Waals surface area contributed by atoms with Crippen LogP contribution in [-0.2, 0) is 6.42 Å². The molecular formula is C13H10Cl2OS. The van der Waals surface area contributed by atoms with Gasteiger partial charge in [0, 0.05) is 4.88 Å². The third-order valence-corrected chi connectivity index (χ3v) is 4.28. The summed E-state index contributed by atoms with van der Waals surface area (Å²) in [5, 5.41) is 0.794. The maximum absolute atomic E-state index is 12.3. The molecule has 2 rings (SSSR count). The van der Waals surface area contributed by atoms with Gasteiger partial charge in [-0.1, -0.05) is 36.2 Å². The Morgan fingerprint density at radius 1 is 1.18 bits per heavy atom. The molecule has 88 valence electrons. The average Bonchev–Trinajstić information content (AvgIpc) is 2.77. The molecule has 0 saturated heterocycles. The first-order valence-electron chi connectivity index (χ1n) is 5.21. The number of ketones is 1. The van der Waals surface area contributed by atoms with Gasteiger partial charge in [-0.15, -0.1) is 11.3 Å². The quantitative estimate of drug-likeness (QED) is 0.737. The van der Waals surface area contributed by atoms with E-state index in [1.54, 1.807) is 18.2 Å². The van der Waals surface area contributed by atoms with Crippen LogP contribution >= 0.6 is 34.5 Å². The molecule has 4 heteroatoms. The molecule has 0 spiro atoms. The highest BCUT2D eigenvalue weighted by Gasteiger charge is 2.17. The summed E-state index contributed by atoms with van der Waals surface area (Å²) >= 11 is 13.5. The van der Waals surface area contributed by atoms with E-state index in [-0.39, 0.29) is 5.78 Å². The summed E-state index contributed by atoms with van der Waals surface area (Å²) in [5.41, 5.74) is 0.389. The van der Waals surface area contributed by atoms with E-state index in [2.05, 4.69) is 6.92 Å². The second kappa shape index (κ2) is 5.21. The molecule has 0 fully saturated rings. The summed E-state index contributed by atoms with van der Waals surface area (Å²) in [7, 11) is 0. The third-order valence-electron chi connectivity index (χ3n) is 2.42. The molecule has 0 aliphatic heterocycles. The highest BCUT2D eigenvalue weighted by Crippen LogP contribution is 2.29. The summed E-state index contributed by atoms with van der Waals surface area (Å²) in [6.45, 7) is 2.06. The van der Waals surface area contributed by atoms with Crippen molar-refractivity contribution in [2.45, 2.75) is 13.3 Å². The van der Waals surface area contributed by atoms with E-state index in [1.807, 2.05) is 12.1 Å². The molecule has 0 unspecified atom stereocenters. The molecular weight excluding hydrogens is 275 g/mol. The minimum Gasteiger partial charge on any atom is -0.288 e. The van der Waals surface area contributed by atoms with Gasteiger partial charge in [-0.2, -0.15) is 0 Å². The normalized spacial score (nSPS) is 10.5. The van der Waals surface area contributed by atoms with Crippen LogP contribution in [0.4, 0.5) is 0 Å². The number of hydrogen-bond donors (Lipinski definition) is 0. The van der Waals surface area contributed by atoms with Gasteiger partial charge in [0.1, 0.15) is 0 Å². The van der Waals surface area contributed by atoms with E-state index in [1.165, 1.54) is 16.2 Å². The topological polar surface area (TPSA) is 17.1 Å². The molecule has 0 N–H and O–H groups in total. The van der Waals surface area contributed by atoms with Crippen molar-refractivity contribution in [2.75, 3.05) is 0 Å². The van der Waals surface area contributed by atoms with Crippen molar-refractivity contribution in [3.63, 3.8) is 0 Å². The minimum absolute atomic E-state index is 0.106. The van der Waals surface area contributed by atoms with Crippen LogP contribution in [0.15, 0.2) is 30.3 Å². The van der Waals surface area contributed by atoms with Crippen molar-refractivity contribution >= 4 is 40.3 Å². The fourth-order valence-electron chi connectivity index (χ4n) is 1.53. The zero-order valence-electron chi connectivity index (χ0n) is 9.17. The molecule has 0 radical (unpaired) electrons. The molecule has 1 aromatic carbocycles. The predicted molar refractivity (Wildman–Crippen MR) is 73.6 cm³/mol. The van der Waals surface area contributed by atoms with Gasteiger partial charge in [-0.25, -0.2) is 0 Å². The standard InChI is InChI=1S/C13H10Cl2OS/c1-2-8-6-7-11(17-8)13(16)12-9(14)4-3-5-10(12)15/h3-7H,2H2,1H3. The van der Waals surface area contributed by atoms with Crippen LogP contribution in [0.2, 0.25) is 10.0 Å². The summed E-state index contributed by atoms with van der Waals surface area (Å²) in [5.74, 6) is -0.106. The Bertz CT molecular complexity index is 540. The molecule has 0 bridgehead atoms. The van der Waals surface area contributed by atoms with Gasteiger partial charge in [-0.05, 0) is 30.7 Å². The van der Waals surface area contributed by atoms with E-state index in [0.717, 1.165) is 6.42 Å². The zero-order chi connectivity index (χ0) is 12.4. The molecule has 1 aromatic heterocycles. The Kier molecular flexibility index (Phi) is 3.87. The molecule has 2 aromatic rings. The van der Waals surface area contributed by atoms with E-state index in [9.17, 15) is 4.79 Å². The molecule has 0 aliphatic rings. The number of benzene rings is 1. The minimum atomic E-state index is -0.106. The van der Waals surface area contributed by atoms with Crippen LogP contribution in [0.1, 0.15) is 27.0 Å². The van der Waals surface area contributed by atoms with Crippen LogP contribution in [0.5, 0.6) is 0 Å². The van der Waals surface area contributed by atoms with Gasteiger partial charge in [0.15, 0.2) is 0 Å². The van der Waals surface area contributed by atoms with Gasteiger partial charge < -0.3 is 0 Å². The van der Waals surface area contributed by atoms with Crippen molar-refractivity contribution in [2.24, 2.45) is 0 Å². The maximum atomic E-state index is 12.3. The fraction of sp³-hybridized carbons (Fsp3) is 0.154. The van der Waals surface area contributed by atoms with Crippen LogP contribution in [0.3, 0.4) is 0 Å². The van der Waals surface area contributed by atoms with Crippen molar-refractivity contribution < 1.29 is 4.79 Å². The Morgan fingerprint density at radius 2 is 1.82 bits per heavy atom. The molecule has 0 saturated carbocycles. The van der Waals surface area contributed by atoms with Crippen molar-refractivity contribution in [3.8, 4) is 0 Å². The molecule has 1 nitrogen and oxygen atoms in total. The fourth-order valence-corrected chi connectivity index (χ4v) is 2.99. The monoisotopic (exact) mass is 284 g/mol. The summed E-state index contributed by atoms with van der Waals surface area (Å²) < 4.78 is 0. The molecule has 0 amide bonds. The summed E-state index contributed by atoms with van der Waals surface area (Å²) in [6, 6.07) is 8.87. The van der Waals surface area contributed by atoms with Gasteiger partial charge >= 0.3 is 0 Å². The van der Waals surface area contributed by atoms with E-state index in [0.29, 0.717) is 20.5 Å². The van der Waals surface area contributed by atoms with Crippen molar-refractivity contribution in [3.05, 3.63) is 55.7 Å². The van der Waals surface area contributed by atoms with Crippen LogP contribution < -0.4 is 0 Å². The van der Waals surface area contributed by atoms with Gasteiger partial charge in [0.25, 0.3) is 0 Å². The van der Waals surface area contributed by atoms with Crippen LogP contribution in [0, 0.1) is 0 Å². The molecule has 17 heavy (non-hydrogen) atoms. The van der Waals surface area contributed by atoms with Crippen molar-refractivity contribution in [1.29, 1.82) is 0 Å². The summed E-state index contributed by atoms with van der Waals surface area (Å²) in [6.07, 6.45) is 0.925. The number of hydrogen-bond acceptors (Lipinski definition) is 2. The number of aryl methyl sites for hydroxylation is 1. The predicted octanol–water partition coefficient (Wildman–Crippen LogP) is 4.85. The lowest BCUT2D eigenvalue weighted by molar-refractivity contribution is 0.104. The van der Waals surface area contributed by atoms with E-state index < -0.39 is 0 Å². The highest BCUT2D eigenvalue weighted by atomic mass is 35.5. The van der Waals surface area contributed by atoms with E-state index >= 15 is 0 Å². The second-order valence-corrected chi connectivity index (χ2v) is 5.53. The number of rotatable bonds is 3. The number of thiophene rings is 1. The SMILES string of the molecule is CCc1ccc(C(=O)c2c(Cl)cccc2Cl)s1. The maximum Gasteiger partial charge on any atom is 0.205 e. The Labute approximate surface area is 114 Å². The number of carbonyl (C=O) groups excluding carboxylic acids is 1. The first-order chi connectivity index (χ1) is 8.13. The third kappa shape index (κ3) is 2.54. The lowest BCUT2D eigenvalue weighted by atomic mass is 10.1. The average molecular weight is 285 g/mol. The van der Waals surface area contributed by atoms with Crippen molar-refractivity contribution in [1.82, 2.24) is 0 Å². The zero-order valence-corrected chi connectivity index (χ0v) is 11.5. The number of halogens is 2. The number of carbonyl (C=O) groups is 1. The van der Waals surface area contributed by atoms with E-state index in [4.69, 9.17) is 23.2 Å². The second-order valence-electron chi connectivity index (χ2n) is 3.55. The first-order valence-corrected chi connectivity index (χ1v) is 6.78. The lowest BCUT2D eigenvalue weighted by Crippen LogP contribution is -2.00. The largest absolute Gasteiger partial charge is 0.288 e. The van der Waals surface area contributed by atoms with Gasteiger partial charge in [0.05, 0.1) is 20.5 Å². The molecule has 0 aliphatic carbocycles. The highest BCUT2D eigenvalue weighted by molar-refractivity contribution is 7.14. The lowest BCUT2D eigenvalue weighted by Gasteiger charge is -2.03. The smallest absolute Gasteiger partial charge is 0.205 e. The molecule has 0 atom stereocenters. The van der Waals surface area contributed by atoms with Gasteiger partial charge in [0.2, 0.25) is 5.78 Å². The first kappa shape index (κ1) is 12.6. The van der Waals surface area contributed by atoms with Crippen LogP contribution in [0.25, 0.3) is 0 Å². The molecule has 1 heterocycles. The van der Waals surface area contributed by atoms with Crippen LogP contribution in [-0.4, -0.2) is 5.78 Å². The Hall–Kier alpha value is -0.830. The van der Waals surface area contributed by atoms with Gasteiger partial charge in [-0.3, -0.25) is 4.79 Å². The summed E-state index contributed by atoms with van der Waals surface area (Å²) in [4.78, 5) is 14.1.